The number of H-pyrrole nitrogens is 1. The molecular weight excluding hydrogens is 376 g/mol. The Balaban J connectivity index is 2.48. The van der Waals surface area contributed by atoms with Crippen molar-refractivity contribution in [2.24, 2.45) is 11.7 Å². The van der Waals surface area contributed by atoms with Crippen molar-refractivity contribution in [2.75, 3.05) is 6.56 Å². The zero-order valence-electron chi connectivity index (χ0n) is 16.6. The van der Waals surface area contributed by atoms with Crippen molar-refractivity contribution in [2.45, 2.75) is 44.2 Å². The molecule has 1 aliphatic heterocycles. The van der Waals surface area contributed by atoms with E-state index in [0.717, 1.165) is 0 Å². The maximum atomic E-state index is 15.4. The highest BCUT2D eigenvalue weighted by molar-refractivity contribution is 7.71. The van der Waals surface area contributed by atoms with E-state index in [1.807, 2.05) is 0 Å². The predicted octanol–water partition coefficient (Wildman–Crippen LogP) is -0.512. The monoisotopic (exact) mass is 398 g/mol. The second-order valence-corrected chi connectivity index (χ2v) is 6.28. The summed E-state index contributed by atoms with van der Waals surface area (Å²) < 4.78 is 60.9. The lowest BCUT2D eigenvalue weighted by molar-refractivity contribution is -0.217. The van der Waals surface area contributed by atoms with Crippen LogP contribution in [0, 0.1) is 16.4 Å². The van der Waals surface area contributed by atoms with Crippen LogP contribution in [0.3, 0.4) is 0 Å². The van der Waals surface area contributed by atoms with Crippen LogP contribution in [0.2, 0.25) is 0 Å². The van der Waals surface area contributed by atoms with Gasteiger partial charge in [-0.05, 0) is 5.92 Å². The number of alkyl halides is 1. The third-order valence-corrected chi connectivity index (χ3v) is 3.90. The van der Waals surface area contributed by atoms with Crippen LogP contribution < -0.4 is 11.4 Å². The zero-order chi connectivity index (χ0) is 22.5. The molecule has 0 aliphatic carbocycles. The first-order valence-corrected chi connectivity index (χ1v) is 7.75. The van der Waals surface area contributed by atoms with E-state index < -0.39 is 64.9 Å². The normalized spacial score (nSPS) is 34.8. The maximum Gasteiger partial charge on any atom is 0.328 e. The van der Waals surface area contributed by atoms with Gasteiger partial charge in [0.2, 0.25) is 0 Å². The molecule has 12 heteroatoms. The second kappa shape index (κ2) is 7.48. The fourth-order valence-electron chi connectivity index (χ4n) is 1.96. The van der Waals surface area contributed by atoms with Gasteiger partial charge in [0.1, 0.15) is 22.9 Å². The minimum atomic E-state index is -4.02. The van der Waals surface area contributed by atoms with E-state index in [1.54, 1.807) is 4.98 Å². The number of rotatable bonds is 5. The van der Waals surface area contributed by atoms with Crippen molar-refractivity contribution in [3.05, 3.63) is 27.1 Å². The van der Waals surface area contributed by atoms with Gasteiger partial charge in [-0.3, -0.25) is 14.3 Å². The molecule has 1 aromatic heterocycles. The van der Waals surface area contributed by atoms with Gasteiger partial charge in [0, 0.05) is 0 Å². The Bertz CT molecular complexity index is 931. The second-order valence-electron chi connectivity index (χ2n) is 5.87. The van der Waals surface area contributed by atoms with Crippen molar-refractivity contribution in [3.8, 4) is 0 Å². The number of halogens is 2. The number of aliphatic hydroxyl groups excluding tert-OH is 2. The SMILES string of the molecule is [2H]C([2H])(OC(=O)[C@@H](N)C(C)C)[C@@]1(F)O[C@@]([2H])(n2cc(F)c(=S)[nH]c2=O)[C@H](O)[C@@H]1O. The molecule has 0 amide bonds. The summed E-state index contributed by atoms with van der Waals surface area (Å²) in [5.41, 5.74) is 4.19. The summed E-state index contributed by atoms with van der Waals surface area (Å²) in [7, 11) is 0. The Hall–Kier alpha value is -1.73. The van der Waals surface area contributed by atoms with Crippen LogP contribution in [0.15, 0.2) is 11.0 Å². The van der Waals surface area contributed by atoms with Crippen molar-refractivity contribution in [3.63, 3.8) is 0 Å². The molecule has 0 radical (unpaired) electrons. The van der Waals surface area contributed by atoms with Crippen molar-refractivity contribution >= 4 is 18.2 Å². The molecule has 0 spiro atoms. The molecule has 0 saturated carbocycles. The Kier molecular flexibility index (Phi) is 4.73. The van der Waals surface area contributed by atoms with Crippen molar-refractivity contribution in [1.82, 2.24) is 9.55 Å². The number of nitrogens with zero attached hydrogens (tertiary/aromatic N) is 1. The van der Waals surface area contributed by atoms with Gasteiger partial charge in [0.15, 0.2) is 18.6 Å². The zero-order valence-corrected chi connectivity index (χ0v) is 14.4. The molecule has 0 bridgehead atoms. The highest BCUT2D eigenvalue weighted by Crippen LogP contribution is 2.38. The first-order valence-electron chi connectivity index (χ1n) is 8.84. The Labute approximate surface area is 155 Å². The molecule has 9 nitrogen and oxygen atoms in total. The Morgan fingerprint density at radius 3 is 2.88 bits per heavy atom. The number of esters is 1. The van der Waals surface area contributed by atoms with Gasteiger partial charge < -0.3 is 25.4 Å². The largest absolute Gasteiger partial charge is 0.458 e. The van der Waals surface area contributed by atoms with E-state index >= 15 is 4.39 Å². The summed E-state index contributed by atoms with van der Waals surface area (Å²) in [6, 6.07) is -1.36. The Morgan fingerprint density at radius 2 is 2.31 bits per heavy atom. The van der Waals surface area contributed by atoms with Crippen LogP contribution in [0.4, 0.5) is 8.78 Å². The number of aromatic amines is 1. The number of nitrogens with two attached hydrogens (primary N) is 1. The summed E-state index contributed by atoms with van der Waals surface area (Å²) >= 11 is 4.50. The summed E-state index contributed by atoms with van der Waals surface area (Å²) in [6.45, 7) is -0.747. The molecule has 146 valence electrons. The smallest absolute Gasteiger partial charge is 0.328 e. The van der Waals surface area contributed by atoms with Crippen LogP contribution in [-0.4, -0.2) is 56.4 Å². The third-order valence-electron chi connectivity index (χ3n) is 3.60. The van der Waals surface area contributed by atoms with Gasteiger partial charge in [-0.1, -0.05) is 26.1 Å². The molecule has 1 saturated heterocycles. The molecule has 5 N–H and O–H groups in total. The third kappa shape index (κ3) is 3.83. The number of nitrogens with one attached hydrogen (secondary N) is 1. The quantitative estimate of drug-likeness (QED) is 0.384. The lowest BCUT2D eigenvalue weighted by Gasteiger charge is -2.24. The van der Waals surface area contributed by atoms with Gasteiger partial charge in [0.05, 0.1) is 10.3 Å². The van der Waals surface area contributed by atoms with Crippen LogP contribution in [0.25, 0.3) is 0 Å². The fourth-order valence-corrected chi connectivity index (χ4v) is 2.10. The van der Waals surface area contributed by atoms with E-state index in [9.17, 15) is 24.2 Å². The number of aliphatic hydroxyl groups is 2. The highest BCUT2D eigenvalue weighted by atomic mass is 32.1. The topological polar surface area (TPSA) is 140 Å². The lowest BCUT2D eigenvalue weighted by Crippen LogP contribution is -2.46. The predicted molar refractivity (Wildman–Crippen MR) is 85.6 cm³/mol. The summed E-state index contributed by atoms with van der Waals surface area (Å²) in [6.07, 6.45) is -8.37. The van der Waals surface area contributed by atoms with Gasteiger partial charge in [-0.25, -0.2) is 13.6 Å². The van der Waals surface area contributed by atoms with Crippen molar-refractivity contribution in [1.29, 1.82) is 0 Å². The van der Waals surface area contributed by atoms with Gasteiger partial charge in [0.25, 0.3) is 5.85 Å². The number of hydrogen-bond donors (Lipinski definition) is 4. The first-order chi connectivity index (χ1) is 13.1. The average Bonchev–Trinajstić information content (AvgIpc) is 2.79. The van der Waals surface area contributed by atoms with Crippen LogP contribution in [-0.2, 0) is 14.3 Å². The minimum absolute atomic E-state index is 0.0328. The van der Waals surface area contributed by atoms with Gasteiger partial charge in [-0.15, -0.1) is 0 Å². The molecular formula is C14H19F2N3O6S. The molecule has 2 heterocycles. The number of carbonyl (C=O) groups is 1. The van der Waals surface area contributed by atoms with Gasteiger partial charge in [-0.2, -0.15) is 0 Å². The Morgan fingerprint density at radius 1 is 1.69 bits per heavy atom. The van der Waals surface area contributed by atoms with E-state index in [0.29, 0.717) is 6.20 Å². The number of carbonyl (C=O) groups excluding carboxylic acids is 1. The average molecular weight is 398 g/mol. The molecule has 0 unspecified atom stereocenters. The molecule has 1 fully saturated rings. The molecule has 1 aromatic rings. The molecule has 5 atom stereocenters. The van der Waals surface area contributed by atoms with E-state index in [2.05, 4.69) is 21.7 Å². The maximum absolute atomic E-state index is 15.4. The minimum Gasteiger partial charge on any atom is -0.458 e. The first kappa shape index (κ1) is 16.4. The summed E-state index contributed by atoms with van der Waals surface area (Å²) in [5.74, 6) is -7.17. The molecule has 2 rings (SSSR count). The highest BCUT2D eigenvalue weighted by Gasteiger charge is 2.57. The lowest BCUT2D eigenvalue weighted by atomic mass is 10.1. The fraction of sp³-hybridized carbons (Fsp3) is 0.643. The number of aromatic nitrogens is 2. The number of hydrogen-bond acceptors (Lipinski definition) is 8. The van der Waals surface area contributed by atoms with Gasteiger partial charge >= 0.3 is 11.7 Å². The summed E-state index contributed by atoms with van der Waals surface area (Å²) in [5, 5.41) is 20.2. The molecule has 1 aliphatic rings. The van der Waals surface area contributed by atoms with E-state index in [4.69, 9.17) is 9.85 Å². The number of ether oxygens (including phenoxy) is 2. The van der Waals surface area contributed by atoms with E-state index in [-0.39, 0.29) is 4.57 Å². The van der Waals surface area contributed by atoms with E-state index in [1.165, 1.54) is 13.8 Å². The molecule has 0 aromatic carbocycles. The van der Waals surface area contributed by atoms with Crippen LogP contribution >= 0.6 is 12.2 Å². The van der Waals surface area contributed by atoms with Crippen molar-refractivity contribution < 1.29 is 37.4 Å². The van der Waals surface area contributed by atoms with Crippen LogP contribution in [0.5, 0.6) is 0 Å². The molecule has 26 heavy (non-hydrogen) atoms. The van der Waals surface area contributed by atoms with Crippen LogP contribution in [0.1, 0.15) is 24.2 Å². The summed E-state index contributed by atoms with van der Waals surface area (Å²) in [4.78, 5) is 25.7. The standard InChI is InChI=1S/C14H19F2N3O6S/c1-5(2)7(17)12(22)24-4-14(16)9(21)8(20)11(25-14)19-3-6(15)10(26)18-13(19)23/h3,5,7-9,11,20-21H,4,17H2,1-2H3,(H,18,23,26)/t7-,8+,9-,11+,14+/m0/s1/i4D2,11D.